The lowest BCUT2D eigenvalue weighted by Gasteiger charge is -2.15. The predicted octanol–water partition coefficient (Wildman–Crippen LogP) is 10.1. The smallest absolute Gasteiger partial charge is 0.145 e. The van der Waals surface area contributed by atoms with Crippen LogP contribution in [0.2, 0.25) is 0 Å². The third kappa shape index (κ3) is 3.25. The lowest BCUT2D eigenvalue weighted by atomic mass is 10.00. The van der Waals surface area contributed by atoms with Crippen LogP contribution in [0.5, 0.6) is 0 Å². The van der Waals surface area contributed by atoms with Gasteiger partial charge in [-0.2, -0.15) is 0 Å². The standard InChI is InChI=1S/C39H25N3/c1-3-11-26(12-4-1)34-25-40-39(32-17-8-7-15-29(32)34)42-36-18-10-9-16-30(36)31-21-19-27-20-22-35-33(37(27)38(31)42)23-24-41(35)28-13-5-2-6-14-28/h1-25H. The van der Waals surface area contributed by atoms with Crippen molar-refractivity contribution < 1.29 is 0 Å². The van der Waals surface area contributed by atoms with E-state index in [4.69, 9.17) is 4.98 Å². The van der Waals surface area contributed by atoms with Gasteiger partial charge in [0.1, 0.15) is 5.82 Å². The Kier molecular flexibility index (Phi) is 4.90. The van der Waals surface area contributed by atoms with E-state index in [1.165, 1.54) is 48.9 Å². The van der Waals surface area contributed by atoms with E-state index in [1.54, 1.807) is 0 Å². The van der Waals surface area contributed by atoms with E-state index in [1.807, 2.05) is 6.20 Å². The maximum Gasteiger partial charge on any atom is 0.145 e. The Morgan fingerprint density at radius 1 is 0.476 bits per heavy atom. The van der Waals surface area contributed by atoms with Gasteiger partial charge in [-0.25, -0.2) is 4.98 Å². The highest BCUT2D eigenvalue weighted by atomic mass is 15.1. The van der Waals surface area contributed by atoms with Gasteiger partial charge >= 0.3 is 0 Å². The summed E-state index contributed by atoms with van der Waals surface area (Å²) in [6.45, 7) is 0. The molecule has 0 aliphatic heterocycles. The summed E-state index contributed by atoms with van der Waals surface area (Å²) in [5.41, 5.74) is 7.01. The molecule has 0 unspecified atom stereocenters. The van der Waals surface area contributed by atoms with Gasteiger partial charge in [0, 0.05) is 50.6 Å². The molecule has 0 N–H and O–H groups in total. The van der Waals surface area contributed by atoms with Gasteiger partial charge in [-0.15, -0.1) is 0 Å². The molecule has 0 fully saturated rings. The van der Waals surface area contributed by atoms with E-state index < -0.39 is 0 Å². The number of pyridine rings is 1. The van der Waals surface area contributed by atoms with Crippen LogP contribution in [-0.4, -0.2) is 14.1 Å². The van der Waals surface area contributed by atoms with Gasteiger partial charge in [-0.05, 0) is 46.7 Å². The molecule has 0 saturated carbocycles. The van der Waals surface area contributed by atoms with Crippen LogP contribution in [0, 0.1) is 0 Å². The van der Waals surface area contributed by atoms with Gasteiger partial charge in [0.25, 0.3) is 0 Å². The molecule has 0 spiro atoms. The van der Waals surface area contributed by atoms with Crippen molar-refractivity contribution in [1.82, 2.24) is 14.1 Å². The van der Waals surface area contributed by atoms with Crippen molar-refractivity contribution in [3.63, 3.8) is 0 Å². The van der Waals surface area contributed by atoms with Gasteiger partial charge in [0.2, 0.25) is 0 Å². The SMILES string of the molecule is c1ccc(-c2cnc(-n3c4ccccc4c4ccc5ccc6c(ccn6-c6ccccc6)c5c43)c3ccccc23)cc1. The molecular formula is C39H25N3. The fourth-order valence-corrected chi connectivity index (χ4v) is 6.73. The summed E-state index contributed by atoms with van der Waals surface area (Å²) >= 11 is 0. The first-order chi connectivity index (χ1) is 20.9. The molecule has 0 bridgehead atoms. The highest BCUT2D eigenvalue weighted by Gasteiger charge is 2.20. The average Bonchev–Trinajstić information content (AvgIpc) is 3.65. The van der Waals surface area contributed by atoms with Crippen LogP contribution in [0.4, 0.5) is 0 Å². The molecule has 3 heterocycles. The van der Waals surface area contributed by atoms with Crippen molar-refractivity contribution in [2.75, 3.05) is 0 Å². The molecule has 0 amide bonds. The lowest BCUT2D eigenvalue weighted by Crippen LogP contribution is -2.00. The highest BCUT2D eigenvalue weighted by molar-refractivity contribution is 6.25. The van der Waals surface area contributed by atoms with Gasteiger partial charge in [-0.3, -0.25) is 4.57 Å². The maximum absolute atomic E-state index is 5.22. The fourth-order valence-electron chi connectivity index (χ4n) is 6.73. The Labute approximate surface area is 242 Å². The Morgan fingerprint density at radius 3 is 2.00 bits per heavy atom. The summed E-state index contributed by atoms with van der Waals surface area (Å²) in [6, 6.07) is 49.8. The van der Waals surface area contributed by atoms with Crippen LogP contribution in [0.25, 0.3) is 76.9 Å². The number of fused-ring (bicyclic) bond motifs is 8. The minimum absolute atomic E-state index is 0.948. The largest absolute Gasteiger partial charge is 0.317 e. The molecule has 6 aromatic carbocycles. The van der Waals surface area contributed by atoms with E-state index >= 15 is 0 Å². The third-order valence-corrected chi connectivity index (χ3v) is 8.59. The molecule has 196 valence electrons. The van der Waals surface area contributed by atoms with Crippen molar-refractivity contribution in [2.24, 2.45) is 0 Å². The van der Waals surface area contributed by atoms with Gasteiger partial charge < -0.3 is 4.57 Å². The summed E-state index contributed by atoms with van der Waals surface area (Å²) in [7, 11) is 0. The quantitative estimate of drug-likeness (QED) is 0.221. The van der Waals surface area contributed by atoms with Gasteiger partial charge in [0.15, 0.2) is 0 Å². The molecule has 3 nitrogen and oxygen atoms in total. The zero-order valence-corrected chi connectivity index (χ0v) is 22.8. The molecule has 3 aromatic heterocycles. The molecular weight excluding hydrogens is 510 g/mol. The first kappa shape index (κ1) is 23.1. The Bertz CT molecular complexity index is 2450. The molecule has 0 radical (unpaired) electrons. The fraction of sp³-hybridized carbons (Fsp3) is 0. The molecule has 0 aliphatic rings. The topological polar surface area (TPSA) is 22.8 Å². The summed E-state index contributed by atoms with van der Waals surface area (Å²) < 4.78 is 4.67. The summed E-state index contributed by atoms with van der Waals surface area (Å²) in [5, 5.41) is 8.48. The maximum atomic E-state index is 5.22. The number of hydrogen-bond acceptors (Lipinski definition) is 1. The zero-order valence-electron chi connectivity index (χ0n) is 22.8. The molecule has 9 aromatic rings. The Balaban J connectivity index is 1.44. The van der Waals surface area contributed by atoms with E-state index in [9.17, 15) is 0 Å². The number of benzene rings is 6. The monoisotopic (exact) mass is 535 g/mol. The van der Waals surface area contributed by atoms with Crippen molar-refractivity contribution in [2.45, 2.75) is 0 Å². The Hall–Kier alpha value is -5.67. The van der Waals surface area contributed by atoms with Crippen LogP contribution in [0.3, 0.4) is 0 Å². The van der Waals surface area contributed by atoms with E-state index in [2.05, 4.69) is 155 Å². The predicted molar refractivity (Wildman–Crippen MR) is 176 cm³/mol. The number of hydrogen-bond donors (Lipinski definition) is 0. The first-order valence-corrected chi connectivity index (χ1v) is 14.3. The minimum atomic E-state index is 0.948. The average molecular weight is 536 g/mol. The van der Waals surface area contributed by atoms with Crippen LogP contribution in [-0.2, 0) is 0 Å². The lowest BCUT2D eigenvalue weighted by molar-refractivity contribution is 1.11. The van der Waals surface area contributed by atoms with E-state index in [0.717, 1.165) is 28.0 Å². The molecule has 3 heteroatoms. The van der Waals surface area contributed by atoms with Gasteiger partial charge in [-0.1, -0.05) is 109 Å². The first-order valence-electron chi connectivity index (χ1n) is 14.3. The van der Waals surface area contributed by atoms with E-state index in [-0.39, 0.29) is 0 Å². The molecule has 42 heavy (non-hydrogen) atoms. The van der Waals surface area contributed by atoms with Crippen molar-refractivity contribution in [3.8, 4) is 22.6 Å². The molecule has 0 saturated heterocycles. The van der Waals surface area contributed by atoms with E-state index in [0.29, 0.717) is 0 Å². The van der Waals surface area contributed by atoms with Crippen LogP contribution < -0.4 is 0 Å². The zero-order chi connectivity index (χ0) is 27.6. The molecule has 0 aliphatic carbocycles. The number of aromatic nitrogens is 3. The highest BCUT2D eigenvalue weighted by Crippen LogP contribution is 2.41. The van der Waals surface area contributed by atoms with Crippen LogP contribution in [0.15, 0.2) is 152 Å². The number of rotatable bonds is 3. The van der Waals surface area contributed by atoms with Gasteiger partial charge in [0.05, 0.1) is 16.6 Å². The minimum Gasteiger partial charge on any atom is -0.317 e. The Morgan fingerprint density at radius 2 is 1.17 bits per heavy atom. The second-order valence-corrected chi connectivity index (χ2v) is 10.8. The second kappa shape index (κ2) is 8.92. The van der Waals surface area contributed by atoms with Crippen molar-refractivity contribution in [1.29, 1.82) is 0 Å². The summed E-state index contributed by atoms with van der Waals surface area (Å²) in [4.78, 5) is 5.22. The van der Waals surface area contributed by atoms with Crippen LogP contribution in [0.1, 0.15) is 0 Å². The second-order valence-electron chi connectivity index (χ2n) is 10.8. The molecule has 0 atom stereocenters. The van der Waals surface area contributed by atoms with Crippen molar-refractivity contribution >= 4 is 54.3 Å². The normalized spacial score (nSPS) is 11.8. The summed E-state index contributed by atoms with van der Waals surface area (Å²) in [6.07, 6.45) is 4.23. The van der Waals surface area contributed by atoms with Crippen molar-refractivity contribution in [3.05, 3.63) is 152 Å². The number of nitrogens with zero attached hydrogens (tertiary/aromatic N) is 3. The third-order valence-electron chi connectivity index (χ3n) is 8.59. The number of para-hydroxylation sites is 2. The molecule has 9 rings (SSSR count). The summed E-state index contributed by atoms with van der Waals surface area (Å²) in [5.74, 6) is 0.948. The van der Waals surface area contributed by atoms with Crippen LogP contribution >= 0.6 is 0 Å².